The van der Waals surface area contributed by atoms with Crippen LogP contribution >= 0.6 is 23.1 Å². The third-order valence-corrected chi connectivity index (χ3v) is 6.73. The van der Waals surface area contributed by atoms with E-state index >= 15 is 0 Å². The van der Waals surface area contributed by atoms with E-state index in [9.17, 15) is 9.59 Å². The third-order valence-electron chi connectivity index (χ3n) is 4.70. The molecular weight excluding hydrogens is 472 g/mol. The summed E-state index contributed by atoms with van der Waals surface area (Å²) in [5.74, 6) is 1.81. The van der Waals surface area contributed by atoms with Gasteiger partial charge in [-0.15, -0.1) is 10.2 Å². The van der Waals surface area contributed by atoms with E-state index in [0.29, 0.717) is 39.9 Å². The minimum absolute atomic E-state index is 0.132. The molecule has 0 saturated heterocycles. The highest BCUT2D eigenvalue weighted by Crippen LogP contribution is 2.27. The van der Waals surface area contributed by atoms with Crippen molar-refractivity contribution in [3.8, 4) is 17.1 Å². The van der Waals surface area contributed by atoms with E-state index in [1.807, 2.05) is 35.8 Å². The van der Waals surface area contributed by atoms with Gasteiger partial charge in [-0.1, -0.05) is 36.9 Å². The van der Waals surface area contributed by atoms with Crippen molar-refractivity contribution in [2.75, 3.05) is 31.8 Å². The fourth-order valence-corrected chi connectivity index (χ4v) is 4.80. The van der Waals surface area contributed by atoms with Crippen molar-refractivity contribution in [2.45, 2.75) is 39.4 Å². The molecule has 2 heterocycles. The number of carbonyl (C=O) groups is 2. The van der Waals surface area contributed by atoms with Gasteiger partial charge in [-0.25, -0.2) is 4.98 Å². The smallest absolute Gasteiger partial charge is 0.265 e. The topological polar surface area (TPSA) is 102 Å². The van der Waals surface area contributed by atoms with Gasteiger partial charge in [-0.05, 0) is 44.0 Å². The summed E-state index contributed by atoms with van der Waals surface area (Å²) in [7, 11) is 3.37. The van der Waals surface area contributed by atoms with Gasteiger partial charge < -0.3 is 19.5 Å². The molecule has 9 nitrogen and oxygen atoms in total. The number of thioether (sulfide) groups is 1. The second-order valence-corrected chi connectivity index (χ2v) is 10.2. The molecule has 3 rings (SSSR count). The van der Waals surface area contributed by atoms with Crippen LogP contribution in [0.3, 0.4) is 0 Å². The Labute approximate surface area is 207 Å². The molecule has 11 heteroatoms. The molecule has 0 fully saturated rings. The zero-order valence-electron chi connectivity index (χ0n) is 20.3. The molecule has 34 heavy (non-hydrogen) atoms. The van der Waals surface area contributed by atoms with Gasteiger partial charge in [-0.3, -0.25) is 9.59 Å². The Balaban J connectivity index is 1.63. The highest BCUT2D eigenvalue weighted by atomic mass is 32.2. The first kappa shape index (κ1) is 25.7. The Morgan fingerprint density at radius 3 is 2.53 bits per heavy atom. The molecule has 0 aliphatic rings. The molecule has 1 aromatic carbocycles. The number of rotatable bonds is 10. The lowest BCUT2D eigenvalue weighted by Gasteiger charge is -2.10. The summed E-state index contributed by atoms with van der Waals surface area (Å²) >= 11 is 2.48. The van der Waals surface area contributed by atoms with Crippen LogP contribution in [0.2, 0.25) is 0 Å². The molecule has 2 amide bonds. The lowest BCUT2D eigenvalue weighted by molar-refractivity contribution is -0.113. The summed E-state index contributed by atoms with van der Waals surface area (Å²) < 4.78 is 7.73. The SMILES string of the molecule is CCn1c(SCC(=O)Nc2nc(C)c(C(=O)N(C)C)s2)nnc1-c1ccc(OCC(C)C)cc1. The summed E-state index contributed by atoms with van der Waals surface area (Å²) in [5.41, 5.74) is 1.53. The first-order chi connectivity index (χ1) is 16.2. The molecular formula is C23H30N6O3S2. The Hall–Kier alpha value is -2.92. The number of nitrogens with zero attached hydrogens (tertiary/aromatic N) is 5. The monoisotopic (exact) mass is 502 g/mol. The van der Waals surface area contributed by atoms with Gasteiger partial charge in [-0.2, -0.15) is 0 Å². The first-order valence-electron chi connectivity index (χ1n) is 11.0. The second kappa shape index (κ2) is 11.5. The van der Waals surface area contributed by atoms with E-state index in [1.165, 1.54) is 28.0 Å². The zero-order valence-corrected chi connectivity index (χ0v) is 21.9. The maximum absolute atomic E-state index is 12.5. The largest absolute Gasteiger partial charge is 0.493 e. The fraction of sp³-hybridized carbons (Fsp3) is 0.435. The highest BCUT2D eigenvalue weighted by Gasteiger charge is 2.19. The lowest BCUT2D eigenvalue weighted by Crippen LogP contribution is -2.21. The number of benzene rings is 1. The van der Waals surface area contributed by atoms with E-state index in [4.69, 9.17) is 4.74 Å². The van der Waals surface area contributed by atoms with Crippen molar-refractivity contribution in [2.24, 2.45) is 5.92 Å². The Morgan fingerprint density at radius 2 is 1.91 bits per heavy atom. The van der Waals surface area contributed by atoms with Gasteiger partial charge in [0, 0.05) is 26.2 Å². The summed E-state index contributed by atoms with van der Waals surface area (Å²) in [6.07, 6.45) is 0. The summed E-state index contributed by atoms with van der Waals surface area (Å²) in [6.45, 7) is 9.32. The highest BCUT2D eigenvalue weighted by molar-refractivity contribution is 7.99. The van der Waals surface area contributed by atoms with Crippen LogP contribution < -0.4 is 10.1 Å². The number of hydrogen-bond donors (Lipinski definition) is 1. The fourth-order valence-electron chi connectivity index (χ4n) is 2.99. The van der Waals surface area contributed by atoms with Crippen molar-refractivity contribution in [3.63, 3.8) is 0 Å². The summed E-state index contributed by atoms with van der Waals surface area (Å²) in [6, 6.07) is 7.78. The van der Waals surface area contributed by atoms with Crippen LogP contribution in [0.15, 0.2) is 29.4 Å². The molecule has 182 valence electrons. The Bertz CT molecular complexity index is 1140. The zero-order chi connectivity index (χ0) is 24.8. The predicted octanol–water partition coefficient (Wildman–Crippen LogP) is 4.20. The quantitative estimate of drug-likeness (QED) is 0.415. The van der Waals surface area contributed by atoms with Crippen LogP contribution in [0.5, 0.6) is 5.75 Å². The number of hydrogen-bond acceptors (Lipinski definition) is 8. The summed E-state index contributed by atoms with van der Waals surface area (Å²) in [5, 5.41) is 12.5. The van der Waals surface area contributed by atoms with Crippen molar-refractivity contribution in [3.05, 3.63) is 34.8 Å². The molecule has 0 unspecified atom stereocenters. The van der Waals surface area contributed by atoms with Gasteiger partial charge >= 0.3 is 0 Å². The molecule has 0 saturated carbocycles. The molecule has 1 N–H and O–H groups in total. The van der Waals surface area contributed by atoms with Gasteiger partial charge in [0.15, 0.2) is 16.1 Å². The number of carbonyl (C=O) groups excluding carboxylic acids is 2. The molecule has 0 spiro atoms. The number of aryl methyl sites for hydroxylation is 1. The van der Waals surface area contributed by atoms with Crippen LogP contribution in [0.4, 0.5) is 5.13 Å². The minimum Gasteiger partial charge on any atom is -0.493 e. The Kier molecular flexibility index (Phi) is 8.67. The summed E-state index contributed by atoms with van der Waals surface area (Å²) in [4.78, 5) is 31.0. The average Bonchev–Trinajstić information content (AvgIpc) is 3.38. The number of aromatic nitrogens is 4. The number of thiazole rings is 1. The van der Waals surface area contributed by atoms with Crippen LogP contribution in [0.1, 0.15) is 36.1 Å². The van der Waals surface area contributed by atoms with E-state index in [1.54, 1.807) is 21.0 Å². The van der Waals surface area contributed by atoms with Crippen molar-refractivity contribution < 1.29 is 14.3 Å². The first-order valence-corrected chi connectivity index (χ1v) is 12.8. The second-order valence-electron chi connectivity index (χ2n) is 8.25. The maximum atomic E-state index is 12.5. The lowest BCUT2D eigenvalue weighted by atomic mass is 10.2. The van der Waals surface area contributed by atoms with E-state index in [0.717, 1.165) is 17.1 Å². The van der Waals surface area contributed by atoms with Crippen LogP contribution in [0.25, 0.3) is 11.4 Å². The van der Waals surface area contributed by atoms with Gasteiger partial charge in [0.05, 0.1) is 18.1 Å². The predicted molar refractivity (Wildman–Crippen MR) is 136 cm³/mol. The number of nitrogens with one attached hydrogen (secondary N) is 1. The maximum Gasteiger partial charge on any atom is 0.265 e. The van der Waals surface area contributed by atoms with E-state index in [2.05, 4.69) is 34.3 Å². The molecule has 0 aliphatic carbocycles. The third kappa shape index (κ3) is 6.35. The number of amides is 2. The molecule has 2 aromatic heterocycles. The van der Waals surface area contributed by atoms with Gasteiger partial charge in [0.2, 0.25) is 5.91 Å². The normalized spacial score (nSPS) is 11.0. The van der Waals surface area contributed by atoms with Crippen LogP contribution in [0, 0.1) is 12.8 Å². The molecule has 0 aliphatic heterocycles. The van der Waals surface area contributed by atoms with E-state index in [-0.39, 0.29) is 17.6 Å². The minimum atomic E-state index is -0.221. The Morgan fingerprint density at radius 1 is 1.21 bits per heavy atom. The standard InChI is InChI=1S/C23H30N6O3S2/c1-7-29-20(16-8-10-17(11-9-16)32-12-14(2)3)26-27-23(29)33-13-18(30)25-22-24-15(4)19(34-22)21(31)28(5)6/h8-11,14H,7,12-13H2,1-6H3,(H,24,25,30). The van der Waals surface area contributed by atoms with Crippen LogP contribution in [-0.2, 0) is 11.3 Å². The number of anilines is 1. The van der Waals surface area contributed by atoms with E-state index < -0.39 is 0 Å². The van der Waals surface area contributed by atoms with Crippen LogP contribution in [-0.4, -0.2) is 62.9 Å². The number of ether oxygens (including phenoxy) is 1. The van der Waals surface area contributed by atoms with Crippen molar-refractivity contribution >= 4 is 40.0 Å². The van der Waals surface area contributed by atoms with Gasteiger partial charge in [0.25, 0.3) is 5.91 Å². The molecule has 0 bridgehead atoms. The molecule has 0 atom stereocenters. The van der Waals surface area contributed by atoms with Gasteiger partial charge in [0.1, 0.15) is 10.6 Å². The van der Waals surface area contributed by atoms with Crippen molar-refractivity contribution in [1.29, 1.82) is 0 Å². The average molecular weight is 503 g/mol. The molecule has 0 radical (unpaired) electrons. The molecule has 3 aromatic rings. The van der Waals surface area contributed by atoms with Crippen molar-refractivity contribution in [1.82, 2.24) is 24.6 Å².